The van der Waals surface area contributed by atoms with Crippen LogP contribution < -0.4 is 15.0 Å². The molecule has 0 bridgehead atoms. The van der Waals surface area contributed by atoms with Crippen molar-refractivity contribution in [2.75, 3.05) is 13.7 Å². The summed E-state index contributed by atoms with van der Waals surface area (Å²) in [5.74, 6) is 2.37. The van der Waals surface area contributed by atoms with E-state index in [1.54, 1.807) is 31.1 Å². The van der Waals surface area contributed by atoms with Crippen molar-refractivity contribution in [2.45, 2.75) is 12.3 Å². The topological polar surface area (TPSA) is 82.0 Å². The molecule has 3 heterocycles. The molecular weight excluding hydrogens is 368 g/mol. The van der Waals surface area contributed by atoms with Crippen LogP contribution in [-0.4, -0.2) is 33.5 Å². The van der Waals surface area contributed by atoms with Gasteiger partial charge in [-0.1, -0.05) is 6.07 Å². The number of fused-ring (bicyclic) bond motifs is 2. The van der Waals surface area contributed by atoms with Crippen molar-refractivity contribution in [2.24, 2.45) is 7.05 Å². The Morgan fingerprint density at radius 1 is 1.21 bits per heavy atom. The third kappa shape index (κ3) is 2.95. The second-order valence-electron chi connectivity index (χ2n) is 7.24. The number of nitrogens with zero attached hydrogens (tertiary/aromatic N) is 3. The van der Waals surface area contributed by atoms with Gasteiger partial charge in [0, 0.05) is 18.8 Å². The van der Waals surface area contributed by atoms with E-state index in [1.165, 1.54) is 0 Å². The molecule has 0 fully saturated rings. The van der Waals surface area contributed by atoms with Gasteiger partial charge in [-0.2, -0.15) is 5.10 Å². The van der Waals surface area contributed by atoms with E-state index in [-0.39, 0.29) is 11.5 Å². The summed E-state index contributed by atoms with van der Waals surface area (Å²) in [4.78, 5) is 17.9. The fourth-order valence-electron chi connectivity index (χ4n) is 3.91. The number of hydrogen-bond acceptors (Lipinski definition) is 5. The standard InChI is InChI=1S/C22H20N4O3/c1-26-21(15-7-14-8-17(28-2)4-6-20(14)29-12-15)25-19-5-3-13(9-18(19)22(26)27)16-10-23-24-11-16/h3-6,8-11,15H,7,12H2,1-2H3,(H,23,24). The van der Waals surface area contributed by atoms with Crippen LogP contribution in [0.25, 0.3) is 22.0 Å². The lowest BCUT2D eigenvalue weighted by Gasteiger charge is -2.26. The molecule has 0 saturated heterocycles. The summed E-state index contributed by atoms with van der Waals surface area (Å²) in [6, 6.07) is 11.5. The van der Waals surface area contributed by atoms with Gasteiger partial charge in [0.25, 0.3) is 5.56 Å². The number of nitrogens with one attached hydrogen (secondary N) is 1. The number of benzene rings is 2. The molecule has 2 aromatic heterocycles. The molecule has 0 amide bonds. The number of hydrogen-bond donors (Lipinski definition) is 1. The average molecular weight is 388 g/mol. The first kappa shape index (κ1) is 17.5. The molecule has 2 aromatic carbocycles. The molecule has 1 aliphatic rings. The highest BCUT2D eigenvalue weighted by molar-refractivity contribution is 5.83. The van der Waals surface area contributed by atoms with Crippen LogP contribution in [0.4, 0.5) is 0 Å². The number of aromatic nitrogens is 4. The number of rotatable bonds is 3. The van der Waals surface area contributed by atoms with Crippen LogP contribution in [0.2, 0.25) is 0 Å². The summed E-state index contributed by atoms with van der Waals surface area (Å²) in [6.07, 6.45) is 4.28. The molecule has 1 N–H and O–H groups in total. The normalized spacial score (nSPS) is 15.7. The van der Waals surface area contributed by atoms with Crippen LogP contribution in [0.1, 0.15) is 17.3 Å². The number of ether oxygens (including phenoxy) is 2. The minimum atomic E-state index is -0.0632. The second-order valence-corrected chi connectivity index (χ2v) is 7.24. The van der Waals surface area contributed by atoms with Gasteiger partial charge < -0.3 is 9.47 Å². The van der Waals surface area contributed by atoms with E-state index in [0.29, 0.717) is 17.5 Å². The summed E-state index contributed by atoms with van der Waals surface area (Å²) in [5, 5.41) is 7.37. The molecule has 7 nitrogen and oxygen atoms in total. The Morgan fingerprint density at radius 2 is 2.10 bits per heavy atom. The maximum Gasteiger partial charge on any atom is 0.261 e. The van der Waals surface area contributed by atoms with Gasteiger partial charge in [0.05, 0.1) is 36.7 Å². The molecule has 1 atom stereocenters. The monoisotopic (exact) mass is 388 g/mol. The molecule has 5 rings (SSSR count). The minimum absolute atomic E-state index is 0.00902. The van der Waals surface area contributed by atoms with E-state index < -0.39 is 0 Å². The van der Waals surface area contributed by atoms with Gasteiger partial charge in [0.2, 0.25) is 0 Å². The Labute approximate surface area is 166 Å². The SMILES string of the molecule is COc1ccc2c(c1)CC(c1nc3ccc(-c4cn[nH]c4)cc3c(=O)n1C)CO2. The summed E-state index contributed by atoms with van der Waals surface area (Å²) in [6.45, 7) is 0.484. The molecule has 0 radical (unpaired) electrons. The third-order valence-electron chi connectivity index (χ3n) is 5.48. The Bertz CT molecular complexity index is 1260. The van der Waals surface area contributed by atoms with E-state index in [0.717, 1.165) is 40.4 Å². The molecule has 7 heteroatoms. The first-order valence-corrected chi connectivity index (χ1v) is 9.43. The van der Waals surface area contributed by atoms with Crippen LogP contribution in [0.5, 0.6) is 11.5 Å². The first-order chi connectivity index (χ1) is 14.1. The zero-order valence-electron chi connectivity index (χ0n) is 16.2. The zero-order valence-corrected chi connectivity index (χ0v) is 16.2. The van der Waals surface area contributed by atoms with E-state index in [9.17, 15) is 4.79 Å². The maximum absolute atomic E-state index is 13.1. The Kier molecular flexibility index (Phi) is 4.08. The lowest BCUT2D eigenvalue weighted by molar-refractivity contribution is 0.254. The molecular formula is C22H20N4O3. The van der Waals surface area contributed by atoms with Gasteiger partial charge in [-0.3, -0.25) is 14.5 Å². The van der Waals surface area contributed by atoms with Gasteiger partial charge in [-0.15, -0.1) is 0 Å². The molecule has 0 saturated carbocycles. The summed E-state index contributed by atoms with van der Waals surface area (Å²) in [7, 11) is 3.42. The lowest BCUT2D eigenvalue weighted by atomic mass is 9.95. The fourth-order valence-corrected chi connectivity index (χ4v) is 3.91. The quantitative estimate of drug-likeness (QED) is 0.583. The molecule has 4 aromatic rings. The maximum atomic E-state index is 13.1. The highest BCUT2D eigenvalue weighted by atomic mass is 16.5. The molecule has 0 aliphatic carbocycles. The van der Waals surface area contributed by atoms with Crippen LogP contribution in [0, 0.1) is 0 Å². The average Bonchev–Trinajstić information content (AvgIpc) is 3.30. The van der Waals surface area contributed by atoms with Crippen LogP contribution in [0.15, 0.2) is 53.6 Å². The van der Waals surface area contributed by atoms with Crippen molar-refractivity contribution < 1.29 is 9.47 Å². The third-order valence-corrected chi connectivity index (χ3v) is 5.48. The first-order valence-electron chi connectivity index (χ1n) is 9.43. The Balaban J connectivity index is 1.56. The van der Waals surface area contributed by atoms with Crippen molar-refractivity contribution >= 4 is 10.9 Å². The van der Waals surface area contributed by atoms with Crippen molar-refractivity contribution in [1.29, 1.82) is 0 Å². The van der Waals surface area contributed by atoms with Crippen molar-refractivity contribution in [3.8, 4) is 22.6 Å². The number of aromatic amines is 1. The minimum Gasteiger partial charge on any atom is -0.497 e. The Morgan fingerprint density at radius 3 is 2.90 bits per heavy atom. The van der Waals surface area contributed by atoms with Crippen molar-refractivity contribution in [3.05, 3.63) is 70.5 Å². The molecule has 0 spiro atoms. The lowest BCUT2D eigenvalue weighted by Crippen LogP contribution is -2.29. The zero-order chi connectivity index (χ0) is 20.0. The van der Waals surface area contributed by atoms with Gasteiger partial charge in [-0.25, -0.2) is 4.98 Å². The predicted octanol–water partition coefficient (Wildman–Crippen LogP) is 3.05. The van der Waals surface area contributed by atoms with E-state index in [4.69, 9.17) is 14.5 Å². The largest absolute Gasteiger partial charge is 0.497 e. The summed E-state index contributed by atoms with van der Waals surface area (Å²) < 4.78 is 12.9. The summed E-state index contributed by atoms with van der Waals surface area (Å²) in [5.41, 5.74) is 3.55. The van der Waals surface area contributed by atoms with Gasteiger partial charge in [0.15, 0.2) is 0 Å². The van der Waals surface area contributed by atoms with E-state index >= 15 is 0 Å². The van der Waals surface area contributed by atoms with Gasteiger partial charge in [-0.05, 0) is 47.9 Å². The molecule has 146 valence electrons. The van der Waals surface area contributed by atoms with E-state index in [1.807, 2.05) is 36.4 Å². The Hall–Kier alpha value is -3.61. The fraction of sp³-hybridized carbons (Fsp3) is 0.227. The van der Waals surface area contributed by atoms with Gasteiger partial charge >= 0.3 is 0 Å². The summed E-state index contributed by atoms with van der Waals surface area (Å²) >= 11 is 0. The molecule has 29 heavy (non-hydrogen) atoms. The highest BCUT2D eigenvalue weighted by Crippen LogP contribution is 2.34. The van der Waals surface area contributed by atoms with Crippen LogP contribution in [-0.2, 0) is 13.5 Å². The van der Waals surface area contributed by atoms with Crippen molar-refractivity contribution in [1.82, 2.24) is 19.7 Å². The van der Waals surface area contributed by atoms with Crippen LogP contribution >= 0.6 is 0 Å². The molecule has 1 aliphatic heterocycles. The van der Waals surface area contributed by atoms with E-state index in [2.05, 4.69) is 10.2 Å². The second kappa shape index (κ2) is 6.77. The smallest absolute Gasteiger partial charge is 0.261 e. The highest BCUT2D eigenvalue weighted by Gasteiger charge is 2.26. The van der Waals surface area contributed by atoms with Crippen molar-refractivity contribution in [3.63, 3.8) is 0 Å². The van der Waals surface area contributed by atoms with Crippen LogP contribution in [0.3, 0.4) is 0 Å². The number of H-pyrrole nitrogens is 1. The number of methoxy groups -OCH3 is 1. The van der Waals surface area contributed by atoms with Gasteiger partial charge in [0.1, 0.15) is 17.3 Å². The molecule has 1 unspecified atom stereocenters. The predicted molar refractivity (Wildman–Crippen MR) is 109 cm³/mol.